The Morgan fingerprint density at radius 2 is 1.59 bits per heavy atom. The molecule has 0 amide bonds. The van der Waals surface area contributed by atoms with Crippen LogP contribution in [0.25, 0.3) is 0 Å². The summed E-state index contributed by atoms with van der Waals surface area (Å²) in [7, 11) is -4.00. The first kappa shape index (κ1) is 23.9. The summed E-state index contributed by atoms with van der Waals surface area (Å²) in [6.07, 6.45) is 0. The van der Waals surface area contributed by atoms with Crippen molar-refractivity contribution in [1.29, 1.82) is 5.26 Å². The summed E-state index contributed by atoms with van der Waals surface area (Å²) in [6, 6.07) is 21.3. The molecule has 0 fully saturated rings. The van der Waals surface area contributed by atoms with Gasteiger partial charge in [-0.05, 0) is 61.7 Å². The molecule has 0 saturated carbocycles. The van der Waals surface area contributed by atoms with Crippen molar-refractivity contribution in [2.45, 2.75) is 31.4 Å². The Hall–Kier alpha value is -2.72. The van der Waals surface area contributed by atoms with Crippen molar-refractivity contribution in [1.82, 2.24) is 0 Å². The molecule has 3 rings (SSSR count). The Morgan fingerprint density at radius 3 is 2.16 bits per heavy atom. The lowest BCUT2D eigenvalue weighted by Gasteiger charge is -2.18. The molecule has 1 N–H and O–H groups in total. The van der Waals surface area contributed by atoms with E-state index < -0.39 is 9.84 Å². The van der Waals surface area contributed by atoms with E-state index in [-0.39, 0.29) is 9.80 Å². The number of sulfone groups is 1. The summed E-state index contributed by atoms with van der Waals surface area (Å²) in [5.74, 6) is 0.471. The lowest BCUT2D eigenvalue weighted by atomic mass is 10.1. The first-order valence-corrected chi connectivity index (χ1v) is 12.7. The molecule has 0 aliphatic carbocycles. The molecule has 0 spiro atoms. The third-order valence-corrected chi connectivity index (χ3v) is 8.02. The Labute approximate surface area is 198 Å². The van der Waals surface area contributed by atoms with Gasteiger partial charge in [-0.25, -0.2) is 8.42 Å². The van der Waals surface area contributed by atoms with Crippen LogP contribution in [0.4, 0.5) is 5.69 Å². The van der Waals surface area contributed by atoms with Crippen molar-refractivity contribution in [3.8, 4) is 6.07 Å². The maximum absolute atomic E-state index is 13.3. The van der Waals surface area contributed by atoms with E-state index in [1.165, 1.54) is 23.9 Å². The molecule has 32 heavy (non-hydrogen) atoms. The SMILES string of the molecule is Cc1cc(C)c(N/C(SCc2ccc(Cl)cc2)=C(/C#N)S(=O)(=O)c2ccccc2)c(C)c1. The monoisotopic (exact) mass is 482 g/mol. The van der Waals surface area contributed by atoms with Gasteiger partial charge in [0, 0.05) is 16.5 Å². The number of allylic oxidation sites excluding steroid dienone is 1. The third kappa shape index (κ3) is 5.55. The number of nitrogens with one attached hydrogen (secondary N) is 1. The highest BCUT2D eigenvalue weighted by atomic mass is 35.5. The number of halogens is 1. The van der Waals surface area contributed by atoms with Crippen molar-refractivity contribution in [2.75, 3.05) is 5.32 Å². The number of hydrogen-bond donors (Lipinski definition) is 1. The number of aryl methyl sites for hydroxylation is 3. The molecule has 4 nitrogen and oxygen atoms in total. The lowest BCUT2D eigenvalue weighted by molar-refractivity contribution is 0.603. The van der Waals surface area contributed by atoms with Crippen LogP contribution in [0.15, 0.2) is 81.6 Å². The van der Waals surface area contributed by atoms with Gasteiger partial charge in [0.05, 0.1) is 4.90 Å². The number of hydrogen-bond acceptors (Lipinski definition) is 5. The maximum Gasteiger partial charge on any atom is 0.219 e. The highest BCUT2D eigenvalue weighted by molar-refractivity contribution is 8.04. The van der Waals surface area contributed by atoms with E-state index in [0.717, 1.165) is 27.9 Å². The predicted octanol–water partition coefficient (Wildman–Crippen LogP) is 6.78. The predicted molar refractivity (Wildman–Crippen MR) is 133 cm³/mol. The van der Waals surface area contributed by atoms with Crippen LogP contribution < -0.4 is 5.32 Å². The van der Waals surface area contributed by atoms with Crippen molar-refractivity contribution >= 4 is 38.9 Å². The van der Waals surface area contributed by atoms with Gasteiger partial charge >= 0.3 is 0 Å². The number of rotatable bonds is 7. The molecule has 0 heterocycles. The molecular formula is C25H23ClN2O2S2. The minimum Gasteiger partial charge on any atom is -0.348 e. The first-order chi connectivity index (χ1) is 15.2. The van der Waals surface area contributed by atoms with Gasteiger partial charge in [0.2, 0.25) is 9.84 Å². The Bertz CT molecular complexity index is 1270. The average molecular weight is 483 g/mol. The van der Waals surface area contributed by atoms with Gasteiger partial charge in [-0.2, -0.15) is 5.26 Å². The molecule has 0 aliphatic rings. The third-order valence-electron chi connectivity index (χ3n) is 4.84. The highest BCUT2D eigenvalue weighted by Gasteiger charge is 2.26. The second-order valence-electron chi connectivity index (χ2n) is 7.40. The van der Waals surface area contributed by atoms with Crippen LogP contribution in [0.5, 0.6) is 0 Å². The van der Waals surface area contributed by atoms with E-state index in [1.807, 2.05) is 51.1 Å². The molecule has 0 aliphatic heterocycles. The van der Waals surface area contributed by atoms with Crippen LogP contribution in [0.3, 0.4) is 0 Å². The van der Waals surface area contributed by atoms with Gasteiger partial charge in [0.15, 0.2) is 4.91 Å². The molecule has 0 atom stereocenters. The molecule has 0 unspecified atom stereocenters. The van der Waals surface area contributed by atoms with Gasteiger partial charge in [-0.15, -0.1) is 11.8 Å². The second kappa shape index (κ2) is 10.3. The smallest absolute Gasteiger partial charge is 0.219 e. The molecule has 164 valence electrons. The minimum absolute atomic E-state index is 0.0836. The van der Waals surface area contributed by atoms with Crippen LogP contribution in [-0.4, -0.2) is 8.42 Å². The fraction of sp³-hybridized carbons (Fsp3) is 0.160. The number of nitriles is 1. The molecule has 0 bridgehead atoms. The van der Waals surface area contributed by atoms with Crippen molar-refractivity contribution in [2.24, 2.45) is 0 Å². The molecular weight excluding hydrogens is 460 g/mol. The van der Waals surface area contributed by atoms with Crippen LogP contribution in [-0.2, 0) is 15.6 Å². The quantitative estimate of drug-likeness (QED) is 0.376. The Kier molecular flexibility index (Phi) is 7.68. The fourth-order valence-electron chi connectivity index (χ4n) is 3.34. The van der Waals surface area contributed by atoms with E-state index in [9.17, 15) is 13.7 Å². The van der Waals surface area contributed by atoms with Crippen LogP contribution in [0.1, 0.15) is 22.3 Å². The van der Waals surface area contributed by atoms with Gasteiger partial charge in [0.25, 0.3) is 0 Å². The number of anilines is 1. The van der Waals surface area contributed by atoms with Crippen molar-refractivity contribution in [3.63, 3.8) is 0 Å². The fourth-order valence-corrected chi connectivity index (χ4v) is 5.99. The summed E-state index contributed by atoms with van der Waals surface area (Å²) in [5, 5.41) is 14.1. The molecule has 0 radical (unpaired) electrons. The second-order valence-corrected chi connectivity index (χ2v) is 10.7. The molecule has 0 aromatic heterocycles. The van der Waals surface area contributed by atoms with E-state index in [4.69, 9.17) is 11.6 Å². The summed E-state index contributed by atoms with van der Waals surface area (Å²) in [6.45, 7) is 5.93. The first-order valence-electron chi connectivity index (χ1n) is 9.89. The maximum atomic E-state index is 13.3. The number of benzene rings is 3. The summed E-state index contributed by atoms with van der Waals surface area (Å²) in [5.41, 5.74) is 4.82. The van der Waals surface area contributed by atoms with E-state index >= 15 is 0 Å². The summed E-state index contributed by atoms with van der Waals surface area (Å²) < 4.78 is 26.6. The zero-order valence-electron chi connectivity index (χ0n) is 18.0. The number of nitrogens with zero attached hydrogens (tertiary/aromatic N) is 1. The van der Waals surface area contributed by atoms with Gasteiger partial charge in [-0.3, -0.25) is 0 Å². The zero-order valence-corrected chi connectivity index (χ0v) is 20.4. The van der Waals surface area contributed by atoms with Gasteiger partial charge in [0.1, 0.15) is 11.1 Å². The van der Waals surface area contributed by atoms with E-state index in [2.05, 4.69) is 5.32 Å². The van der Waals surface area contributed by atoms with Crippen LogP contribution in [0, 0.1) is 32.1 Å². The van der Waals surface area contributed by atoms with Crippen molar-refractivity contribution < 1.29 is 8.42 Å². The molecule has 3 aromatic carbocycles. The summed E-state index contributed by atoms with van der Waals surface area (Å²) in [4.78, 5) is -0.220. The van der Waals surface area contributed by atoms with Crippen LogP contribution >= 0.6 is 23.4 Å². The number of thioether (sulfide) groups is 1. The Balaban J connectivity index is 2.09. The van der Waals surface area contributed by atoms with E-state index in [0.29, 0.717) is 15.8 Å². The zero-order chi connectivity index (χ0) is 23.3. The van der Waals surface area contributed by atoms with E-state index in [1.54, 1.807) is 30.3 Å². The van der Waals surface area contributed by atoms with Gasteiger partial charge in [-0.1, -0.05) is 59.6 Å². The average Bonchev–Trinajstić information content (AvgIpc) is 2.76. The lowest BCUT2D eigenvalue weighted by Crippen LogP contribution is -2.11. The van der Waals surface area contributed by atoms with Gasteiger partial charge < -0.3 is 5.32 Å². The summed E-state index contributed by atoms with van der Waals surface area (Å²) >= 11 is 7.25. The minimum atomic E-state index is -4.00. The van der Waals surface area contributed by atoms with Crippen LogP contribution in [0.2, 0.25) is 5.02 Å². The largest absolute Gasteiger partial charge is 0.348 e. The molecule has 3 aromatic rings. The molecule has 7 heteroatoms. The molecule has 0 saturated heterocycles. The topological polar surface area (TPSA) is 70.0 Å². The Morgan fingerprint density at radius 1 is 1.00 bits per heavy atom. The van der Waals surface area contributed by atoms with Crippen molar-refractivity contribution in [3.05, 3.63) is 104 Å². The normalized spacial score (nSPS) is 12.1. The highest BCUT2D eigenvalue weighted by Crippen LogP contribution is 2.33. The standard InChI is InChI=1S/C25H23ClN2O2S2/c1-17-13-18(2)24(19(3)14-17)28-25(31-16-20-9-11-21(26)12-10-20)23(15-27)32(29,30)22-7-5-4-6-8-22/h4-14,28H,16H2,1-3H3/b25-23+.